The van der Waals surface area contributed by atoms with Crippen LogP contribution >= 0.6 is 23.2 Å². The SMILES string of the molecule is Cc1ccc(-c2ncccn2)c(C(=O)N2C[C@@H]3C[C@@H]3C[C@H]2COc2ncc(Cl)cc2Cl)n1. The van der Waals surface area contributed by atoms with Crippen LogP contribution < -0.4 is 4.74 Å². The van der Waals surface area contributed by atoms with Gasteiger partial charge in [-0.3, -0.25) is 4.79 Å². The summed E-state index contributed by atoms with van der Waals surface area (Å²) in [6, 6.07) is 6.96. The molecule has 0 aromatic carbocycles. The maximum Gasteiger partial charge on any atom is 0.273 e. The van der Waals surface area contributed by atoms with Crippen LogP contribution in [-0.4, -0.2) is 49.9 Å². The van der Waals surface area contributed by atoms with Gasteiger partial charge in [-0.25, -0.2) is 19.9 Å². The molecular weight excluding hydrogens is 449 g/mol. The quantitative estimate of drug-likeness (QED) is 0.547. The number of rotatable bonds is 5. The predicted molar refractivity (Wildman–Crippen MR) is 121 cm³/mol. The van der Waals surface area contributed by atoms with E-state index in [0.717, 1.165) is 18.5 Å². The smallest absolute Gasteiger partial charge is 0.273 e. The molecule has 1 saturated carbocycles. The van der Waals surface area contributed by atoms with Crippen molar-refractivity contribution in [1.29, 1.82) is 0 Å². The van der Waals surface area contributed by atoms with Crippen LogP contribution in [0.15, 0.2) is 42.9 Å². The zero-order chi connectivity index (χ0) is 22.2. The van der Waals surface area contributed by atoms with Crippen molar-refractivity contribution in [3.63, 3.8) is 0 Å². The third-order valence-corrected chi connectivity index (χ3v) is 6.48. The Labute approximate surface area is 195 Å². The summed E-state index contributed by atoms with van der Waals surface area (Å²) in [5.41, 5.74) is 1.75. The highest BCUT2D eigenvalue weighted by atomic mass is 35.5. The van der Waals surface area contributed by atoms with E-state index in [9.17, 15) is 4.79 Å². The molecule has 1 aliphatic heterocycles. The molecule has 3 atom stereocenters. The lowest BCUT2D eigenvalue weighted by Crippen LogP contribution is -2.48. The number of carbonyl (C=O) groups excluding carboxylic acids is 1. The lowest BCUT2D eigenvalue weighted by Gasteiger charge is -2.35. The first-order valence-corrected chi connectivity index (χ1v) is 11.2. The molecule has 0 radical (unpaired) electrons. The number of hydrogen-bond donors (Lipinski definition) is 0. The van der Waals surface area contributed by atoms with E-state index < -0.39 is 0 Å². The van der Waals surface area contributed by atoms with Crippen LogP contribution in [0.25, 0.3) is 11.4 Å². The number of halogens is 2. The van der Waals surface area contributed by atoms with Crippen molar-refractivity contribution < 1.29 is 9.53 Å². The van der Waals surface area contributed by atoms with Crippen LogP contribution in [0.2, 0.25) is 10.0 Å². The van der Waals surface area contributed by atoms with Gasteiger partial charge in [0.15, 0.2) is 5.82 Å². The summed E-state index contributed by atoms with van der Waals surface area (Å²) < 4.78 is 5.91. The summed E-state index contributed by atoms with van der Waals surface area (Å²) in [5, 5.41) is 0.790. The van der Waals surface area contributed by atoms with Crippen LogP contribution in [0.1, 0.15) is 29.0 Å². The van der Waals surface area contributed by atoms with Gasteiger partial charge in [0, 0.05) is 30.8 Å². The van der Waals surface area contributed by atoms with Gasteiger partial charge in [0.1, 0.15) is 17.3 Å². The number of carbonyl (C=O) groups is 1. The Hall–Kier alpha value is -2.77. The highest BCUT2D eigenvalue weighted by Crippen LogP contribution is 2.47. The minimum atomic E-state index is -0.134. The number of pyridine rings is 2. The molecule has 1 amide bonds. The monoisotopic (exact) mass is 469 g/mol. The largest absolute Gasteiger partial charge is 0.474 e. The van der Waals surface area contributed by atoms with Gasteiger partial charge < -0.3 is 9.64 Å². The van der Waals surface area contributed by atoms with E-state index in [0.29, 0.717) is 58.0 Å². The number of aromatic nitrogens is 4. The Morgan fingerprint density at radius 3 is 2.75 bits per heavy atom. The molecule has 4 heterocycles. The number of nitrogens with zero attached hydrogens (tertiary/aromatic N) is 5. The predicted octanol–water partition coefficient (Wildman–Crippen LogP) is 4.48. The van der Waals surface area contributed by atoms with E-state index in [-0.39, 0.29) is 11.9 Å². The number of piperidine rings is 1. The van der Waals surface area contributed by atoms with E-state index in [1.807, 2.05) is 24.0 Å². The fraction of sp³-hybridized carbons (Fsp3) is 0.348. The second kappa shape index (κ2) is 8.64. The molecule has 3 aromatic heterocycles. The number of likely N-dealkylation sites (tertiary alicyclic amines) is 1. The second-order valence-electron chi connectivity index (χ2n) is 8.28. The highest BCUT2D eigenvalue weighted by Gasteiger charge is 2.47. The van der Waals surface area contributed by atoms with Gasteiger partial charge >= 0.3 is 0 Å². The fourth-order valence-corrected chi connectivity index (χ4v) is 4.70. The Bertz CT molecular complexity index is 1160. The number of amides is 1. The second-order valence-corrected chi connectivity index (χ2v) is 9.12. The zero-order valence-corrected chi connectivity index (χ0v) is 18.9. The van der Waals surface area contributed by atoms with Crippen LogP contribution in [-0.2, 0) is 0 Å². The molecule has 2 fully saturated rings. The van der Waals surface area contributed by atoms with Crippen molar-refractivity contribution in [2.45, 2.75) is 25.8 Å². The first kappa shape index (κ1) is 21.1. The average Bonchev–Trinajstić information content (AvgIpc) is 3.56. The number of aryl methyl sites for hydroxylation is 1. The molecule has 0 bridgehead atoms. The average molecular weight is 470 g/mol. The molecule has 0 N–H and O–H groups in total. The molecule has 7 nitrogen and oxygen atoms in total. The minimum absolute atomic E-state index is 0.105. The van der Waals surface area contributed by atoms with Crippen LogP contribution in [0.5, 0.6) is 5.88 Å². The molecule has 0 spiro atoms. The molecule has 164 valence electrons. The highest BCUT2D eigenvalue weighted by molar-refractivity contribution is 6.35. The molecule has 1 aliphatic carbocycles. The standard InChI is InChI=1S/C23H21Cl2N5O2/c1-13-3-4-18(21-26-5-2-6-27-21)20(29-13)23(31)30-11-15-7-14(15)8-17(30)12-32-22-19(25)9-16(24)10-28-22/h2-6,9-10,14-15,17H,7-8,11-12H2,1H3/t14-,15+,17+/m1/s1. The molecule has 2 aliphatic rings. The summed E-state index contributed by atoms with van der Waals surface area (Å²) in [4.78, 5) is 33.0. The maximum absolute atomic E-state index is 13.7. The van der Waals surface area contributed by atoms with E-state index in [4.69, 9.17) is 27.9 Å². The normalized spacial score (nSPS) is 21.7. The third kappa shape index (κ3) is 4.27. The first-order chi connectivity index (χ1) is 15.5. The molecule has 32 heavy (non-hydrogen) atoms. The van der Waals surface area contributed by atoms with E-state index in [1.54, 1.807) is 24.5 Å². The lowest BCUT2D eigenvalue weighted by molar-refractivity contribution is 0.0503. The van der Waals surface area contributed by atoms with E-state index in [1.165, 1.54) is 6.20 Å². The third-order valence-electron chi connectivity index (χ3n) is 6.01. The molecule has 9 heteroatoms. The van der Waals surface area contributed by atoms with Crippen molar-refractivity contribution in [3.8, 4) is 17.3 Å². The first-order valence-electron chi connectivity index (χ1n) is 10.5. The Morgan fingerprint density at radius 2 is 1.97 bits per heavy atom. The molecule has 3 aromatic rings. The van der Waals surface area contributed by atoms with E-state index in [2.05, 4.69) is 19.9 Å². The van der Waals surface area contributed by atoms with Gasteiger partial charge in [-0.2, -0.15) is 0 Å². The minimum Gasteiger partial charge on any atom is -0.474 e. The Morgan fingerprint density at radius 1 is 1.16 bits per heavy atom. The van der Waals surface area contributed by atoms with Gasteiger partial charge in [-0.1, -0.05) is 23.2 Å². The van der Waals surface area contributed by atoms with Gasteiger partial charge in [0.25, 0.3) is 5.91 Å². The summed E-state index contributed by atoms with van der Waals surface area (Å²) in [6.45, 7) is 2.85. The van der Waals surface area contributed by atoms with Crippen LogP contribution in [0.4, 0.5) is 0 Å². The summed E-state index contributed by atoms with van der Waals surface area (Å²) >= 11 is 12.1. The molecule has 1 saturated heterocycles. The van der Waals surface area contributed by atoms with Gasteiger partial charge in [0.05, 0.1) is 16.6 Å². The lowest BCUT2D eigenvalue weighted by atomic mass is 10.0. The molecular formula is C23H21Cl2N5O2. The van der Waals surface area contributed by atoms with Gasteiger partial charge in [0.2, 0.25) is 5.88 Å². The van der Waals surface area contributed by atoms with Crippen LogP contribution in [0.3, 0.4) is 0 Å². The zero-order valence-electron chi connectivity index (χ0n) is 17.4. The van der Waals surface area contributed by atoms with Gasteiger partial charge in [-0.15, -0.1) is 0 Å². The maximum atomic E-state index is 13.7. The Balaban J connectivity index is 1.42. The van der Waals surface area contributed by atoms with Crippen molar-refractivity contribution in [2.24, 2.45) is 11.8 Å². The summed E-state index contributed by atoms with van der Waals surface area (Å²) in [5.74, 6) is 1.82. The van der Waals surface area contributed by atoms with Crippen molar-refractivity contribution in [2.75, 3.05) is 13.2 Å². The van der Waals surface area contributed by atoms with Crippen molar-refractivity contribution in [1.82, 2.24) is 24.8 Å². The summed E-state index contributed by atoms with van der Waals surface area (Å²) in [7, 11) is 0. The Kier molecular flexibility index (Phi) is 5.69. The molecule has 5 rings (SSSR count). The topological polar surface area (TPSA) is 81.1 Å². The summed E-state index contributed by atoms with van der Waals surface area (Å²) in [6.07, 6.45) is 6.82. The number of fused-ring (bicyclic) bond motifs is 1. The van der Waals surface area contributed by atoms with Crippen molar-refractivity contribution in [3.05, 3.63) is 64.3 Å². The van der Waals surface area contributed by atoms with Crippen LogP contribution in [0, 0.1) is 18.8 Å². The number of ether oxygens (including phenoxy) is 1. The van der Waals surface area contributed by atoms with Gasteiger partial charge in [-0.05, 0) is 55.9 Å². The van der Waals surface area contributed by atoms with Crippen molar-refractivity contribution >= 4 is 29.1 Å². The molecule has 0 unspecified atom stereocenters. The van der Waals surface area contributed by atoms with E-state index >= 15 is 0 Å². The number of hydrogen-bond acceptors (Lipinski definition) is 6. The fourth-order valence-electron chi connectivity index (χ4n) is 4.27.